The predicted molar refractivity (Wildman–Crippen MR) is 69.3 cm³/mol. The highest BCUT2D eigenvalue weighted by Crippen LogP contribution is 2.31. The van der Waals surface area contributed by atoms with E-state index in [1.54, 1.807) is 6.07 Å². The molecular weight excluding hydrogens is 213 g/mol. The highest BCUT2D eigenvalue weighted by atomic mass is 19.1. The zero-order valence-corrected chi connectivity index (χ0v) is 10.6. The highest BCUT2D eigenvalue weighted by Gasteiger charge is 2.19. The van der Waals surface area contributed by atoms with E-state index in [1.165, 1.54) is 38.2 Å². The van der Waals surface area contributed by atoms with Crippen LogP contribution in [-0.2, 0) is 0 Å². The molecule has 1 aliphatic carbocycles. The minimum absolute atomic E-state index is 0.141. The van der Waals surface area contributed by atoms with Crippen molar-refractivity contribution in [1.29, 1.82) is 0 Å². The molecule has 1 aliphatic rings. The van der Waals surface area contributed by atoms with Crippen molar-refractivity contribution in [2.75, 3.05) is 0 Å². The predicted octanol–water partition coefficient (Wildman–Crippen LogP) is 4.10. The fourth-order valence-corrected chi connectivity index (χ4v) is 2.86. The monoisotopic (exact) mass is 235 g/mol. The van der Waals surface area contributed by atoms with Crippen LogP contribution < -0.4 is 5.73 Å². The molecule has 2 heteroatoms. The number of aryl methyl sites for hydroxylation is 1. The van der Waals surface area contributed by atoms with Crippen LogP contribution in [0.3, 0.4) is 0 Å². The number of benzene rings is 1. The largest absolute Gasteiger partial charge is 0.324 e. The van der Waals surface area contributed by atoms with Gasteiger partial charge in [0, 0.05) is 11.6 Å². The van der Waals surface area contributed by atoms with E-state index in [2.05, 4.69) is 0 Å². The zero-order chi connectivity index (χ0) is 12.3. The lowest BCUT2D eigenvalue weighted by Gasteiger charge is -2.25. The Bertz CT molecular complexity index is 369. The molecule has 0 spiro atoms. The minimum Gasteiger partial charge on any atom is -0.324 e. The standard InChI is InChI=1S/C15H22FN/c1-11-7-8-14(16)13(9-11)15(17)10-12-5-3-2-4-6-12/h7-9,12,15H,2-6,10,17H2,1H3. The first-order valence-electron chi connectivity index (χ1n) is 6.68. The Morgan fingerprint density at radius 1 is 1.29 bits per heavy atom. The van der Waals surface area contributed by atoms with Gasteiger partial charge in [0.05, 0.1) is 0 Å². The smallest absolute Gasteiger partial charge is 0.127 e. The number of rotatable bonds is 3. The van der Waals surface area contributed by atoms with Crippen molar-refractivity contribution in [3.8, 4) is 0 Å². The summed E-state index contributed by atoms with van der Waals surface area (Å²) >= 11 is 0. The summed E-state index contributed by atoms with van der Waals surface area (Å²) in [5, 5.41) is 0. The Labute approximate surface area is 103 Å². The lowest BCUT2D eigenvalue weighted by Crippen LogP contribution is -2.18. The van der Waals surface area contributed by atoms with Gasteiger partial charge in [-0.3, -0.25) is 0 Å². The van der Waals surface area contributed by atoms with E-state index in [-0.39, 0.29) is 11.9 Å². The summed E-state index contributed by atoms with van der Waals surface area (Å²) in [6, 6.07) is 5.08. The van der Waals surface area contributed by atoms with Crippen molar-refractivity contribution in [1.82, 2.24) is 0 Å². The van der Waals surface area contributed by atoms with Gasteiger partial charge in [0.2, 0.25) is 0 Å². The normalized spacial score (nSPS) is 19.2. The fourth-order valence-electron chi connectivity index (χ4n) is 2.86. The van der Waals surface area contributed by atoms with E-state index in [0.717, 1.165) is 12.0 Å². The molecule has 0 saturated heterocycles. The molecule has 0 radical (unpaired) electrons. The van der Waals surface area contributed by atoms with E-state index >= 15 is 0 Å². The summed E-state index contributed by atoms with van der Waals surface area (Å²) in [7, 11) is 0. The lowest BCUT2D eigenvalue weighted by molar-refractivity contribution is 0.317. The summed E-state index contributed by atoms with van der Waals surface area (Å²) in [6.07, 6.45) is 7.44. The third-order valence-electron chi connectivity index (χ3n) is 3.86. The van der Waals surface area contributed by atoms with E-state index < -0.39 is 0 Å². The molecule has 1 unspecified atom stereocenters. The van der Waals surface area contributed by atoms with Gasteiger partial charge in [-0.05, 0) is 25.3 Å². The van der Waals surface area contributed by atoms with Crippen molar-refractivity contribution >= 4 is 0 Å². The molecule has 1 atom stereocenters. The first-order chi connectivity index (χ1) is 8.16. The van der Waals surface area contributed by atoms with Crippen LogP contribution in [-0.4, -0.2) is 0 Å². The van der Waals surface area contributed by atoms with E-state index in [9.17, 15) is 4.39 Å². The van der Waals surface area contributed by atoms with Crippen LogP contribution in [0.4, 0.5) is 4.39 Å². The molecule has 17 heavy (non-hydrogen) atoms. The number of hydrogen-bond donors (Lipinski definition) is 1. The Balaban J connectivity index is 2.02. The number of hydrogen-bond acceptors (Lipinski definition) is 1. The van der Waals surface area contributed by atoms with Crippen molar-refractivity contribution < 1.29 is 4.39 Å². The van der Waals surface area contributed by atoms with Gasteiger partial charge in [-0.2, -0.15) is 0 Å². The van der Waals surface area contributed by atoms with Crippen LogP contribution >= 0.6 is 0 Å². The van der Waals surface area contributed by atoms with Crippen LogP contribution in [0.25, 0.3) is 0 Å². The average Bonchev–Trinajstić information content (AvgIpc) is 2.33. The SMILES string of the molecule is Cc1ccc(F)c(C(N)CC2CCCCC2)c1. The molecule has 1 saturated carbocycles. The van der Waals surface area contributed by atoms with E-state index in [1.807, 2.05) is 13.0 Å². The second kappa shape index (κ2) is 5.63. The molecule has 1 aromatic rings. The molecule has 0 aliphatic heterocycles. The second-order valence-electron chi connectivity index (χ2n) is 5.37. The van der Waals surface area contributed by atoms with Gasteiger partial charge in [-0.15, -0.1) is 0 Å². The lowest BCUT2D eigenvalue weighted by atomic mass is 9.83. The van der Waals surface area contributed by atoms with Gasteiger partial charge in [0.1, 0.15) is 5.82 Å². The van der Waals surface area contributed by atoms with Crippen LogP contribution in [0, 0.1) is 18.7 Å². The molecule has 0 aromatic heterocycles. The molecule has 0 heterocycles. The molecule has 1 aromatic carbocycles. The Hall–Kier alpha value is -0.890. The number of halogens is 1. The van der Waals surface area contributed by atoms with Crippen molar-refractivity contribution in [2.24, 2.45) is 11.7 Å². The maximum absolute atomic E-state index is 13.7. The van der Waals surface area contributed by atoms with Crippen molar-refractivity contribution in [3.63, 3.8) is 0 Å². The summed E-state index contributed by atoms with van der Waals surface area (Å²) in [4.78, 5) is 0. The molecule has 0 amide bonds. The maximum atomic E-state index is 13.7. The highest BCUT2D eigenvalue weighted by molar-refractivity contribution is 5.26. The van der Waals surface area contributed by atoms with Crippen molar-refractivity contribution in [2.45, 2.75) is 51.5 Å². The summed E-state index contributed by atoms with van der Waals surface area (Å²) in [5.74, 6) is 0.539. The zero-order valence-electron chi connectivity index (χ0n) is 10.6. The van der Waals surface area contributed by atoms with Gasteiger partial charge in [0.25, 0.3) is 0 Å². The van der Waals surface area contributed by atoms with Gasteiger partial charge >= 0.3 is 0 Å². The molecule has 1 fully saturated rings. The Kier molecular flexibility index (Phi) is 4.16. The van der Waals surface area contributed by atoms with Gasteiger partial charge in [-0.25, -0.2) is 4.39 Å². The van der Waals surface area contributed by atoms with Gasteiger partial charge in [-0.1, -0.05) is 49.8 Å². The second-order valence-corrected chi connectivity index (χ2v) is 5.37. The Morgan fingerprint density at radius 3 is 2.71 bits per heavy atom. The number of nitrogens with two attached hydrogens (primary N) is 1. The molecule has 94 valence electrons. The maximum Gasteiger partial charge on any atom is 0.127 e. The van der Waals surface area contributed by atoms with Crippen LogP contribution in [0.1, 0.15) is 55.7 Å². The molecule has 2 rings (SSSR count). The van der Waals surface area contributed by atoms with Crippen molar-refractivity contribution in [3.05, 3.63) is 35.1 Å². The van der Waals surface area contributed by atoms with Gasteiger partial charge in [0.15, 0.2) is 0 Å². The molecule has 2 N–H and O–H groups in total. The third kappa shape index (κ3) is 3.29. The molecule has 0 bridgehead atoms. The summed E-state index contributed by atoms with van der Waals surface area (Å²) < 4.78 is 13.7. The quantitative estimate of drug-likeness (QED) is 0.838. The third-order valence-corrected chi connectivity index (χ3v) is 3.86. The minimum atomic E-state index is -0.154. The molecule has 1 nitrogen and oxygen atoms in total. The first-order valence-corrected chi connectivity index (χ1v) is 6.68. The topological polar surface area (TPSA) is 26.0 Å². The van der Waals surface area contributed by atoms with E-state index in [4.69, 9.17) is 5.73 Å². The molecular formula is C15H22FN. The van der Waals surface area contributed by atoms with Crippen LogP contribution in [0.2, 0.25) is 0 Å². The van der Waals surface area contributed by atoms with Gasteiger partial charge < -0.3 is 5.73 Å². The average molecular weight is 235 g/mol. The Morgan fingerprint density at radius 2 is 2.00 bits per heavy atom. The summed E-state index contributed by atoms with van der Waals surface area (Å²) in [5.41, 5.74) is 7.93. The first kappa shape index (κ1) is 12.6. The van der Waals surface area contributed by atoms with Crippen LogP contribution in [0.5, 0.6) is 0 Å². The van der Waals surface area contributed by atoms with E-state index in [0.29, 0.717) is 11.5 Å². The fraction of sp³-hybridized carbons (Fsp3) is 0.600. The summed E-state index contributed by atoms with van der Waals surface area (Å²) in [6.45, 7) is 1.98. The van der Waals surface area contributed by atoms with Crippen LogP contribution in [0.15, 0.2) is 18.2 Å².